The van der Waals surface area contributed by atoms with Gasteiger partial charge in [0, 0.05) is 6.54 Å². The van der Waals surface area contributed by atoms with Gasteiger partial charge in [0.05, 0.1) is 17.9 Å². The molecule has 0 bridgehead atoms. The number of nitrogens with zero attached hydrogens (tertiary/aromatic N) is 3. The number of benzene rings is 1. The number of hydrogen-bond donors (Lipinski definition) is 0. The molecule has 154 valence electrons. The molecule has 0 fully saturated rings. The number of rotatable bonds is 10. The zero-order chi connectivity index (χ0) is 21.2. The summed E-state index contributed by atoms with van der Waals surface area (Å²) < 4.78 is 10.7. The van der Waals surface area contributed by atoms with Crippen LogP contribution >= 0.6 is 11.3 Å². The van der Waals surface area contributed by atoms with Gasteiger partial charge in [0.25, 0.3) is 5.91 Å². The predicted octanol–water partition coefficient (Wildman–Crippen LogP) is 4.10. The van der Waals surface area contributed by atoms with Crippen LogP contribution in [0, 0.1) is 18.3 Å². The summed E-state index contributed by atoms with van der Waals surface area (Å²) in [6.45, 7) is 6.08. The van der Waals surface area contributed by atoms with Crippen molar-refractivity contribution in [1.82, 2.24) is 4.98 Å². The normalized spacial score (nSPS) is 10.3. The first-order valence-electron chi connectivity index (χ1n) is 9.58. The van der Waals surface area contributed by atoms with E-state index in [-0.39, 0.29) is 19.1 Å². The Hall–Kier alpha value is -2.92. The number of amides is 1. The maximum absolute atomic E-state index is 12.9. The van der Waals surface area contributed by atoms with E-state index in [1.54, 1.807) is 43.0 Å². The minimum Gasteiger partial charge on any atom is -0.482 e. The standard InChI is InChI=1S/C21H25N3O4S/c1-4-6-9-12-24(21-23-15(3)19(29-21)20(26)27-5-2)18(25)14-28-17-11-8-7-10-16(17)13-22/h7-8,10-11H,4-6,9,12,14H2,1-3H3. The number of nitriles is 1. The van der Waals surface area contributed by atoms with Crippen LogP contribution in [-0.2, 0) is 9.53 Å². The van der Waals surface area contributed by atoms with E-state index in [1.807, 2.05) is 6.07 Å². The number of esters is 1. The highest BCUT2D eigenvalue weighted by Crippen LogP contribution is 2.28. The minimum absolute atomic E-state index is 0.224. The molecule has 1 aromatic carbocycles. The summed E-state index contributed by atoms with van der Waals surface area (Å²) in [6.07, 6.45) is 2.79. The van der Waals surface area contributed by atoms with Crippen molar-refractivity contribution in [3.63, 3.8) is 0 Å². The number of anilines is 1. The molecular weight excluding hydrogens is 390 g/mol. The number of hydrogen-bond acceptors (Lipinski definition) is 7. The number of para-hydroxylation sites is 1. The maximum Gasteiger partial charge on any atom is 0.350 e. The minimum atomic E-state index is -0.436. The van der Waals surface area contributed by atoms with Gasteiger partial charge in [-0.1, -0.05) is 43.2 Å². The quantitative estimate of drug-likeness (QED) is 0.428. The Bertz CT molecular complexity index is 888. The summed E-state index contributed by atoms with van der Waals surface area (Å²) in [7, 11) is 0. The van der Waals surface area contributed by atoms with Gasteiger partial charge in [-0.05, 0) is 32.4 Å². The largest absolute Gasteiger partial charge is 0.482 e. The van der Waals surface area contributed by atoms with Crippen LogP contribution in [0.4, 0.5) is 5.13 Å². The molecular formula is C21H25N3O4S. The molecule has 1 heterocycles. The third-order valence-corrected chi connectivity index (χ3v) is 5.28. The fraction of sp³-hybridized carbons (Fsp3) is 0.429. The Kier molecular flexibility index (Phi) is 8.62. The van der Waals surface area contributed by atoms with Gasteiger partial charge < -0.3 is 9.47 Å². The SMILES string of the molecule is CCCCCN(C(=O)COc1ccccc1C#N)c1nc(C)c(C(=O)OCC)s1. The Morgan fingerprint density at radius 1 is 1.24 bits per heavy atom. The Balaban J connectivity index is 2.19. The smallest absolute Gasteiger partial charge is 0.350 e. The predicted molar refractivity (Wildman–Crippen MR) is 111 cm³/mol. The van der Waals surface area contributed by atoms with Crippen molar-refractivity contribution in [1.29, 1.82) is 5.26 Å². The summed E-state index contributed by atoms with van der Waals surface area (Å²) in [5, 5.41) is 9.61. The fourth-order valence-corrected chi connectivity index (χ4v) is 3.64. The van der Waals surface area contributed by atoms with E-state index in [4.69, 9.17) is 14.7 Å². The zero-order valence-corrected chi connectivity index (χ0v) is 17.8. The lowest BCUT2D eigenvalue weighted by molar-refractivity contribution is -0.120. The number of thiazole rings is 1. The molecule has 0 spiro atoms. The molecule has 2 aromatic rings. The Morgan fingerprint density at radius 2 is 2.00 bits per heavy atom. The van der Waals surface area contributed by atoms with Gasteiger partial charge in [0.1, 0.15) is 16.7 Å². The molecule has 0 atom stereocenters. The van der Waals surface area contributed by atoms with E-state index in [0.717, 1.165) is 30.6 Å². The van der Waals surface area contributed by atoms with Gasteiger partial charge in [-0.2, -0.15) is 5.26 Å². The van der Waals surface area contributed by atoms with Gasteiger partial charge in [0.2, 0.25) is 0 Å². The van der Waals surface area contributed by atoms with E-state index in [1.165, 1.54) is 0 Å². The van der Waals surface area contributed by atoms with E-state index < -0.39 is 5.97 Å². The van der Waals surface area contributed by atoms with Gasteiger partial charge >= 0.3 is 5.97 Å². The molecule has 0 aliphatic carbocycles. The van der Waals surface area contributed by atoms with Gasteiger partial charge in [-0.3, -0.25) is 9.69 Å². The monoisotopic (exact) mass is 415 g/mol. The lowest BCUT2D eigenvalue weighted by Crippen LogP contribution is -2.35. The Morgan fingerprint density at radius 3 is 2.69 bits per heavy atom. The second kappa shape index (κ2) is 11.2. The summed E-state index contributed by atoms with van der Waals surface area (Å²) in [4.78, 5) is 31.4. The van der Waals surface area contributed by atoms with Crippen LogP contribution in [-0.4, -0.2) is 36.6 Å². The molecule has 0 aliphatic rings. The molecule has 1 aromatic heterocycles. The van der Waals surface area contributed by atoms with Crippen LogP contribution < -0.4 is 9.64 Å². The average Bonchev–Trinajstić information content (AvgIpc) is 3.11. The zero-order valence-electron chi connectivity index (χ0n) is 16.9. The van der Waals surface area contributed by atoms with Gasteiger partial charge in [-0.25, -0.2) is 9.78 Å². The topological polar surface area (TPSA) is 92.5 Å². The molecule has 29 heavy (non-hydrogen) atoms. The second-order valence-corrected chi connectivity index (χ2v) is 7.26. The van der Waals surface area contributed by atoms with Crippen LogP contribution in [0.25, 0.3) is 0 Å². The van der Waals surface area contributed by atoms with E-state index in [0.29, 0.717) is 33.6 Å². The number of carbonyl (C=O) groups is 2. The van der Waals surface area contributed by atoms with Crippen molar-refractivity contribution >= 4 is 28.3 Å². The maximum atomic E-state index is 12.9. The average molecular weight is 416 g/mol. The second-order valence-electron chi connectivity index (χ2n) is 6.28. The number of ether oxygens (including phenoxy) is 2. The number of aromatic nitrogens is 1. The van der Waals surface area contributed by atoms with Crippen molar-refractivity contribution in [2.24, 2.45) is 0 Å². The number of unbranched alkanes of at least 4 members (excludes halogenated alkanes) is 2. The van der Waals surface area contributed by atoms with Crippen molar-refractivity contribution in [2.45, 2.75) is 40.0 Å². The Labute approximate surface area is 174 Å². The van der Waals surface area contributed by atoms with Crippen molar-refractivity contribution in [2.75, 3.05) is 24.7 Å². The molecule has 8 heteroatoms. The molecule has 0 saturated heterocycles. The molecule has 2 rings (SSSR count). The number of carbonyl (C=O) groups excluding carboxylic acids is 2. The summed E-state index contributed by atoms with van der Waals surface area (Å²) in [5.74, 6) is -0.355. The lowest BCUT2D eigenvalue weighted by Gasteiger charge is -2.20. The first-order chi connectivity index (χ1) is 14.0. The molecule has 0 radical (unpaired) electrons. The van der Waals surface area contributed by atoms with Gasteiger partial charge in [-0.15, -0.1) is 0 Å². The molecule has 0 aliphatic heterocycles. The lowest BCUT2D eigenvalue weighted by atomic mass is 10.2. The first kappa shape index (κ1) is 22.4. The van der Waals surface area contributed by atoms with E-state index in [9.17, 15) is 9.59 Å². The first-order valence-corrected chi connectivity index (χ1v) is 10.4. The van der Waals surface area contributed by atoms with Crippen LogP contribution in [0.5, 0.6) is 5.75 Å². The summed E-state index contributed by atoms with van der Waals surface area (Å²) >= 11 is 1.14. The molecule has 0 N–H and O–H groups in total. The van der Waals surface area contributed by atoms with Gasteiger partial charge in [0.15, 0.2) is 11.7 Å². The van der Waals surface area contributed by atoms with Crippen molar-refractivity contribution < 1.29 is 19.1 Å². The summed E-state index contributed by atoms with van der Waals surface area (Å²) in [6, 6.07) is 8.81. The van der Waals surface area contributed by atoms with Crippen LogP contribution in [0.2, 0.25) is 0 Å². The fourth-order valence-electron chi connectivity index (χ4n) is 2.63. The summed E-state index contributed by atoms with van der Waals surface area (Å²) in [5.41, 5.74) is 0.903. The van der Waals surface area contributed by atoms with Crippen LogP contribution in [0.3, 0.4) is 0 Å². The molecule has 1 amide bonds. The van der Waals surface area contributed by atoms with Crippen LogP contribution in [0.15, 0.2) is 24.3 Å². The molecule has 7 nitrogen and oxygen atoms in total. The van der Waals surface area contributed by atoms with Crippen molar-refractivity contribution in [3.8, 4) is 11.8 Å². The molecule has 0 unspecified atom stereocenters. The third-order valence-electron chi connectivity index (χ3n) is 4.12. The third kappa shape index (κ3) is 6.03. The highest BCUT2D eigenvalue weighted by atomic mass is 32.1. The van der Waals surface area contributed by atoms with Crippen molar-refractivity contribution in [3.05, 3.63) is 40.4 Å². The highest BCUT2D eigenvalue weighted by Gasteiger charge is 2.24. The highest BCUT2D eigenvalue weighted by molar-refractivity contribution is 7.17. The molecule has 0 saturated carbocycles. The van der Waals surface area contributed by atoms with Crippen LogP contribution in [0.1, 0.15) is 54.0 Å². The number of aryl methyl sites for hydroxylation is 1. The van der Waals surface area contributed by atoms with E-state index >= 15 is 0 Å². The van der Waals surface area contributed by atoms with E-state index in [2.05, 4.69) is 11.9 Å².